The average Bonchev–Trinajstić information content (AvgIpc) is 3.02. The van der Waals surface area contributed by atoms with Crippen LogP contribution in [0.25, 0.3) is 0 Å². The van der Waals surface area contributed by atoms with Gasteiger partial charge in [0.2, 0.25) is 0 Å². The van der Waals surface area contributed by atoms with Crippen LogP contribution in [0.2, 0.25) is 0 Å². The molecule has 7 nitrogen and oxygen atoms in total. The fourth-order valence-corrected chi connectivity index (χ4v) is 4.77. The molecule has 2 amide bonds. The Morgan fingerprint density at radius 1 is 1.05 bits per heavy atom. The van der Waals surface area contributed by atoms with Crippen LogP contribution in [0.1, 0.15) is 95.9 Å². The number of hydrogen-bond donors (Lipinski definition) is 1. The molecule has 0 atom stereocenters. The van der Waals surface area contributed by atoms with Crippen LogP contribution in [-0.4, -0.2) is 40.7 Å². The molecule has 1 aliphatic rings. The molecule has 0 radical (unpaired) electrons. The van der Waals surface area contributed by atoms with Crippen LogP contribution in [0.5, 0.6) is 5.75 Å². The minimum Gasteiger partial charge on any atom is -0.496 e. The van der Waals surface area contributed by atoms with Gasteiger partial charge in [-0.05, 0) is 85.2 Å². The van der Waals surface area contributed by atoms with Gasteiger partial charge < -0.3 is 14.2 Å². The van der Waals surface area contributed by atoms with Crippen molar-refractivity contribution in [2.75, 3.05) is 7.11 Å². The fourth-order valence-electron chi connectivity index (χ4n) is 3.98. The van der Waals surface area contributed by atoms with E-state index >= 15 is 0 Å². The van der Waals surface area contributed by atoms with Crippen LogP contribution in [0.3, 0.4) is 0 Å². The van der Waals surface area contributed by atoms with Gasteiger partial charge in [-0.15, -0.1) is 0 Å². The number of hydrazine groups is 1. The van der Waals surface area contributed by atoms with E-state index in [9.17, 15) is 9.59 Å². The minimum absolute atomic E-state index is 0.251. The first-order valence-corrected chi connectivity index (χ1v) is 13.9. The van der Waals surface area contributed by atoms with Gasteiger partial charge in [-0.3, -0.25) is 15.0 Å². The van der Waals surface area contributed by atoms with Gasteiger partial charge in [0.15, 0.2) is 6.29 Å². The number of amides is 2. The van der Waals surface area contributed by atoms with Crippen molar-refractivity contribution < 1.29 is 23.8 Å². The lowest BCUT2D eigenvalue weighted by atomic mass is 9.90. The van der Waals surface area contributed by atoms with Gasteiger partial charge in [0.05, 0.1) is 27.6 Å². The first kappa shape index (κ1) is 29.6. The maximum absolute atomic E-state index is 13.8. The summed E-state index contributed by atoms with van der Waals surface area (Å²) >= 11 is 7.18. The molecule has 202 valence electrons. The van der Waals surface area contributed by atoms with E-state index in [1.807, 2.05) is 61.5 Å². The minimum atomic E-state index is -0.702. The predicted octanol–water partition coefficient (Wildman–Crippen LogP) is 6.98. The van der Waals surface area contributed by atoms with Crippen LogP contribution in [0, 0.1) is 6.92 Å². The molecule has 0 aliphatic carbocycles. The van der Waals surface area contributed by atoms with Crippen molar-refractivity contribution in [3.05, 3.63) is 64.2 Å². The lowest BCUT2D eigenvalue weighted by Crippen LogP contribution is -2.56. The number of halogens is 2. The summed E-state index contributed by atoms with van der Waals surface area (Å²) in [5.74, 6) is -0.138. The molecule has 0 aromatic heterocycles. The third-order valence-electron chi connectivity index (χ3n) is 6.91. The Labute approximate surface area is 236 Å². The summed E-state index contributed by atoms with van der Waals surface area (Å²) in [6, 6.07) is 10.6. The highest BCUT2D eigenvalue weighted by Gasteiger charge is 2.50. The van der Waals surface area contributed by atoms with E-state index in [1.54, 1.807) is 37.4 Å². The lowest BCUT2D eigenvalue weighted by molar-refractivity contribution is -0.0899. The molecule has 1 aliphatic heterocycles. The smallest absolute Gasteiger partial charge is 0.272 e. The Morgan fingerprint density at radius 2 is 1.65 bits per heavy atom. The predicted molar refractivity (Wildman–Crippen MR) is 151 cm³/mol. The normalized spacial score (nSPS) is 17.1. The van der Waals surface area contributed by atoms with Crippen molar-refractivity contribution in [1.29, 1.82) is 0 Å². The number of ether oxygens (including phenoxy) is 3. The third-order valence-corrected chi connectivity index (χ3v) is 7.90. The van der Waals surface area contributed by atoms with E-state index in [2.05, 4.69) is 37.3 Å². The molecular weight excluding hydrogens is 604 g/mol. The van der Waals surface area contributed by atoms with E-state index < -0.39 is 28.9 Å². The number of methoxy groups -OCH3 is 1. The van der Waals surface area contributed by atoms with Crippen LogP contribution in [-0.2, 0) is 9.47 Å². The van der Waals surface area contributed by atoms with Gasteiger partial charge in [-0.1, -0.05) is 44.0 Å². The number of hydrogen-bond acceptors (Lipinski definition) is 5. The topological polar surface area (TPSA) is 77.1 Å². The Hall–Kier alpha value is -1.94. The molecule has 3 rings (SSSR count). The van der Waals surface area contributed by atoms with Crippen LogP contribution in [0.15, 0.2) is 36.4 Å². The zero-order chi connectivity index (χ0) is 27.9. The van der Waals surface area contributed by atoms with E-state index in [4.69, 9.17) is 14.2 Å². The summed E-state index contributed by atoms with van der Waals surface area (Å²) in [4.78, 5) is 27.0. The fraction of sp³-hybridized carbons (Fsp3) is 0.500. The summed E-state index contributed by atoms with van der Waals surface area (Å²) in [5.41, 5.74) is 4.27. The molecule has 1 N–H and O–H groups in total. The monoisotopic (exact) mass is 638 g/mol. The largest absolute Gasteiger partial charge is 0.496 e. The van der Waals surface area contributed by atoms with Crippen molar-refractivity contribution in [3.63, 3.8) is 0 Å². The van der Waals surface area contributed by atoms with Crippen LogP contribution >= 0.6 is 31.9 Å². The lowest BCUT2D eigenvalue weighted by Gasteiger charge is -2.36. The molecular formula is C28H36Br2N2O5. The van der Waals surface area contributed by atoms with Gasteiger partial charge >= 0.3 is 0 Å². The molecule has 2 aromatic carbocycles. The van der Waals surface area contributed by atoms with E-state index in [1.165, 1.54) is 5.01 Å². The average molecular weight is 640 g/mol. The number of alkyl halides is 2. The van der Waals surface area contributed by atoms with Crippen molar-refractivity contribution in [3.8, 4) is 5.75 Å². The van der Waals surface area contributed by atoms with Crippen molar-refractivity contribution >= 4 is 43.7 Å². The molecule has 0 unspecified atom stereocenters. The first-order chi connectivity index (χ1) is 17.0. The van der Waals surface area contributed by atoms with Gasteiger partial charge in [-0.25, -0.2) is 5.01 Å². The quantitative estimate of drug-likeness (QED) is 0.282. The summed E-state index contributed by atoms with van der Waals surface area (Å²) in [6.07, 6.45) is -0.587. The number of carbonyl (C=O) groups excluding carboxylic acids is 2. The SMILES string of the molecule is COc1cccc(C(=O)NN(C(=O)c2ccc(C3OC(C)(C)C(C)(C)O3)c(C(Br)Br)c2)C(C)(C)C)c1C. The van der Waals surface area contributed by atoms with Crippen molar-refractivity contribution in [1.82, 2.24) is 10.4 Å². The summed E-state index contributed by atoms with van der Waals surface area (Å²) in [5, 5.41) is 1.36. The van der Waals surface area contributed by atoms with E-state index in [-0.39, 0.29) is 9.64 Å². The van der Waals surface area contributed by atoms with Crippen LogP contribution in [0.4, 0.5) is 0 Å². The number of nitrogens with zero attached hydrogens (tertiary/aromatic N) is 1. The standard InChI is InChI=1S/C28H36Br2N2O5/c1-16-18(11-10-12-21(16)35-9)23(33)31-32(26(2,3)4)24(34)17-13-14-19(20(15-17)22(29)30)25-36-27(5,6)28(7,8)37-25/h10-15,22,25H,1-9H3,(H,31,33). The van der Waals surface area contributed by atoms with Crippen molar-refractivity contribution in [2.24, 2.45) is 0 Å². The number of nitrogens with one attached hydrogen (secondary N) is 1. The Bertz CT molecular complexity index is 1170. The molecule has 1 heterocycles. The first-order valence-electron chi connectivity index (χ1n) is 12.1. The Balaban J connectivity index is 1.95. The molecule has 0 saturated carbocycles. The van der Waals surface area contributed by atoms with Gasteiger partial charge in [0.25, 0.3) is 11.8 Å². The summed E-state index contributed by atoms with van der Waals surface area (Å²) in [6.45, 7) is 15.4. The van der Waals surface area contributed by atoms with Gasteiger partial charge in [0, 0.05) is 22.3 Å². The second-order valence-corrected chi connectivity index (χ2v) is 14.2. The third kappa shape index (κ3) is 6.05. The molecule has 1 fully saturated rings. The number of carbonyl (C=O) groups is 2. The zero-order valence-corrected chi connectivity index (χ0v) is 26.0. The molecule has 2 aromatic rings. The molecule has 1 saturated heterocycles. The van der Waals surface area contributed by atoms with E-state index in [0.29, 0.717) is 22.4 Å². The molecule has 0 bridgehead atoms. The second-order valence-electron chi connectivity index (χ2n) is 11.1. The summed E-state index contributed by atoms with van der Waals surface area (Å²) in [7, 11) is 1.56. The Morgan fingerprint density at radius 3 is 2.16 bits per heavy atom. The second kappa shape index (κ2) is 10.7. The van der Waals surface area contributed by atoms with Crippen LogP contribution < -0.4 is 10.2 Å². The van der Waals surface area contributed by atoms with E-state index in [0.717, 1.165) is 11.1 Å². The highest BCUT2D eigenvalue weighted by atomic mass is 79.9. The van der Waals surface area contributed by atoms with Gasteiger partial charge in [0.1, 0.15) is 5.75 Å². The highest BCUT2D eigenvalue weighted by Crippen LogP contribution is 2.47. The molecule has 0 spiro atoms. The van der Waals surface area contributed by atoms with Crippen molar-refractivity contribution in [2.45, 2.75) is 82.2 Å². The maximum Gasteiger partial charge on any atom is 0.272 e. The number of benzene rings is 2. The zero-order valence-electron chi connectivity index (χ0n) is 22.9. The van der Waals surface area contributed by atoms with Gasteiger partial charge in [-0.2, -0.15) is 0 Å². The molecule has 37 heavy (non-hydrogen) atoms. The maximum atomic E-state index is 13.8. The summed E-state index contributed by atoms with van der Waals surface area (Å²) < 4.78 is 17.6. The molecule has 9 heteroatoms. The Kier molecular flexibility index (Phi) is 8.54. The highest BCUT2D eigenvalue weighted by molar-refractivity contribution is 9.24. The number of rotatable bonds is 5.